The van der Waals surface area contributed by atoms with Gasteiger partial charge < -0.3 is 15.4 Å². The van der Waals surface area contributed by atoms with Gasteiger partial charge in [0.05, 0.1) is 4.47 Å². The first-order valence-corrected chi connectivity index (χ1v) is 7.02. The van der Waals surface area contributed by atoms with Crippen LogP contribution in [-0.2, 0) is 4.79 Å². The van der Waals surface area contributed by atoms with Gasteiger partial charge in [-0.1, -0.05) is 0 Å². The van der Waals surface area contributed by atoms with Gasteiger partial charge in [0.25, 0.3) is 5.91 Å². The first-order chi connectivity index (χ1) is 9.15. The van der Waals surface area contributed by atoms with Crippen molar-refractivity contribution in [3.63, 3.8) is 0 Å². The van der Waals surface area contributed by atoms with E-state index in [2.05, 4.69) is 26.6 Å². The molecule has 0 radical (unpaired) electrons. The zero-order valence-electron chi connectivity index (χ0n) is 10.4. The molecule has 1 aromatic rings. The van der Waals surface area contributed by atoms with Gasteiger partial charge in [-0.15, -0.1) is 0 Å². The standard InChI is InChI=1S/C13H16BrFN2O2/c14-11-6-9(15)3-4-12(11)19-8-13(18)17-10-2-1-5-16-7-10/h3-4,6,10,16H,1-2,5,7-8H2,(H,17,18)/t10-/m0/s1. The number of hydrogen-bond acceptors (Lipinski definition) is 3. The summed E-state index contributed by atoms with van der Waals surface area (Å²) in [6.07, 6.45) is 2.05. The zero-order chi connectivity index (χ0) is 13.7. The van der Waals surface area contributed by atoms with E-state index in [1.807, 2.05) is 0 Å². The maximum atomic E-state index is 12.9. The van der Waals surface area contributed by atoms with Crippen LogP contribution in [0.1, 0.15) is 12.8 Å². The molecule has 104 valence electrons. The predicted molar refractivity (Wildman–Crippen MR) is 73.6 cm³/mol. The van der Waals surface area contributed by atoms with Crippen LogP contribution in [0.2, 0.25) is 0 Å². The SMILES string of the molecule is O=C(COc1ccc(F)cc1Br)N[C@H]1CCCNC1. The van der Waals surface area contributed by atoms with E-state index in [9.17, 15) is 9.18 Å². The van der Waals surface area contributed by atoms with E-state index >= 15 is 0 Å². The molecule has 1 heterocycles. The van der Waals surface area contributed by atoms with E-state index in [0.29, 0.717) is 10.2 Å². The molecule has 1 saturated heterocycles. The molecule has 0 unspecified atom stereocenters. The van der Waals surface area contributed by atoms with E-state index in [0.717, 1.165) is 25.9 Å². The first kappa shape index (κ1) is 14.3. The van der Waals surface area contributed by atoms with Crippen molar-refractivity contribution in [2.24, 2.45) is 0 Å². The van der Waals surface area contributed by atoms with Crippen LogP contribution in [0.5, 0.6) is 5.75 Å². The fourth-order valence-electron chi connectivity index (χ4n) is 1.98. The third-order valence-corrected chi connectivity index (χ3v) is 3.53. The van der Waals surface area contributed by atoms with Gasteiger partial charge in [0.2, 0.25) is 0 Å². The number of halogens is 2. The summed E-state index contributed by atoms with van der Waals surface area (Å²) in [6.45, 7) is 1.73. The molecular formula is C13H16BrFN2O2. The molecule has 1 aliphatic heterocycles. The Hall–Kier alpha value is -1.14. The Morgan fingerprint density at radius 2 is 2.42 bits per heavy atom. The van der Waals surface area contributed by atoms with Crippen molar-refractivity contribution in [3.8, 4) is 5.75 Å². The van der Waals surface area contributed by atoms with Gasteiger partial charge in [0.1, 0.15) is 11.6 Å². The highest BCUT2D eigenvalue weighted by Gasteiger charge is 2.15. The lowest BCUT2D eigenvalue weighted by Crippen LogP contribution is -2.47. The largest absolute Gasteiger partial charge is 0.483 e. The number of rotatable bonds is 4. The van der Waals surface area contributed by atoms with E-state index in [1.165, 1.54) is 18.2 Å². The number of carbonyl (C=O) groups excluding carboxylic acids is 1. The fraction of sp³-hybridized carbons (Fsp3) is 0.462. The molecule has 19 heavy (non-hydrogen) atoms. The third-order valence-electron chi connectivity index (χ3n) is 2.91. The lowest BCUT2D eigenvalue weighted by atomic mass is 10.1. The molecule has 1 amide bonds. The maximum Gasteiger partial charge on any atom is 0.258 e. The van der Waals surface area contributed by atoms with Crippen molar-refractivity contribution in [1.82, 2.24) is 10.6 Å². The van der Waals surface area contributed by atoms with Crippen molar-refractivity contribution < 1.29 is 13.9 Å². The van der Waals surface area contributed by atoms with Gasteiger partial charge in [-0.3, -0.25) is 4.79 Å². The van der Waals surface area contributed by atoms with Crippen LogP contribution in [0.4, 0.5) is 4.39 Å². The summed E-state index contributed by atoms with van der Waals surface area (Å²) in [5.41, 5.74) is 0. The van der Waals surface area contributed by atoms with E-state index < -0.39 is 0 Å². The second kappa shape index (κ2) is 6.86. The molecule has 0 aliphatic carbocycles. The Kier molecular flexibility index (Phi) is 5.15. The lowest BCUT2D eigenvalue weighted by Gasteiger charge is -2.23. The first-order valence-electron chi connectivity index (χ1n) is 6.23. The number of carbonyl (C=O) groups is 1. The quantitative estimate of drug-likeness (QED) is 0.885. The van der Waals surface area contributed by atoms with Gasteiger partial charge in [0.15, 0.2) is 6.61 Å². The van der Waals surface area contributed by atoms with Crippen molar-refractivity contribution in [1.29, 1.82) is 0 Å². The van der Waals surface area contributed by atoms with E-state index in [1.54, 1.807) is 0 Å². The Morgan fingerprint density at radius 1 is 1.58 bits per heavy atom. The Bertz CT molecular complexity index is 450. The van der Waals surface area contributed by atoms with Crippen LogP contribution in [0.15, 0.2) is 22.7 Å². The van der Waals surface area contributed by atoms with Gasteiger partial charge >= 0.3 is 0 Å². The Labute approximate surface area is 119 Å². The Balaban J connectivity index is 1.79. The summed E-state index contributed by atoms with van der Waals surface area (Å²) >= 11 is 3.19. The van der Waals surface area contributed by atoms with Crippen LogP contribution in [0.3, 0.4) is 0 Å². The van der Waals surface area contributed by atoms with Crippen molar-refractivity contribution in [3.05, 3.63) is 28.5 Å². The number of ether oxygens (including phenoxy) is 1. The van der Waals surface area contributed by atoms with Gasteiger partial charge in [-0.2, -0.15) is 0 Å². The molecule has 1 aromatic carbocycles. The van der Waals surface area contributed by atoms with Crippen LogP contribution < -0.4 is 15.4 Å². The summed E-state index contributed by atoms with van der Waals surface area (Å²) in [5.74, 6) is -0.0554. The highest BCUT2D eigenvalue weighted by Crippen LogP contribution is 2.25. The molecule has 2 rings (SSSR count). The van der Waals surface area contributed by atoms with Crippen LogP contribution >= 0.6 is 15.9 Å². The molecule has 0 spiro atoms. The zero-order valence-corrected chi connectivity index (χ0v) is 12.0. The minimum absolute atomic E-state index is 0.0687. The molecule has 6 heteroatoms. The smallest absolute Gasteiger partial charge is 0.258 e. The monoisotopic (exact) mass is 330 g/mol. The van der Waals surface area contributed by atoms with Gasteiger partial charge in [-0.05, 0) is 53.5 Å². The van der Waals surface area contributed by atoms with Crippen LogP contribution in [0.25, 0.3) is 0 Å². The highest BCUT2D eigenvalue weighted by atomic mass is 79.9. The topological polar surface area (TPSA) is 50.4 Å². The molecule has 4 nitrogen and oxygen atoms in total. The minimum Gasteiger partial charge on any atom is -0.483 e. The normalized spacial score (nSPS) is 18.9. The van der Waals surface area contributed by atoms with Crippen molar-refractivity contribution in [2.75, 3.05) is 19.7 Å². The minimum atomic E-state index is -0.350. The van der Waals surface area contributed by atoms with Gasteiger partial charge in [0, 0.05) is 12.6 Å². The summed E-state index contributed by atoms with van der Waals surface area (Å²) < 4.78 is 18.7. The molecule has 1 atom stereocenters. The summed E-state index contributed by atoms with van der Waals surface area (Å²) in [7, 11) is 0. The van der Waals surface area contributed by atoms with Gasteiger partial charge in [-0.25, -0.2) is 4.39 Å². The van der Waals surface area contributed by atoms with Crippen LogP contribution in [-0.4, -0.2) is 31.6 Å². The highest BCUT2D eigenvalue weighted by molar-refractivity contribution is 9.10. The number of benzene rings is 1. The van der Waals surface area contributed by atoms with E-state index in [-0.39, 0.29) is 24.4 Å². The molecule has 2 N–H and O–H groups in total. The van der Waals surface area contributed by atoms with Crippen molar-refractivity contribution in [2.45, 2.75) is 18.9 Å². The summed E-state index contributed by atoms with van der Waals surface area (Å²) in [5, 5.41) is 6.13. The number of hydrogen-bond donors (Lipinski definition) is 2. The second-order valence-corrected chi connectivity index (χ2v) is 5.33. The number of amides is 1. The Morgan fingerprint density at radius 3 is 3.11 bits per heavy atom. The summed E-state index contributed by atoms with van der Waals surface area (Å²) in [6, 6.07) is 4.26. The predicted octanol–water partition coefficient (Wildman–Crippen LogP) is 1.84. The average Bonchev–Trinajstić information content (AvgIpc) is 2.39. The van der Waals surface area contributed by atoms with Crippen LogP contribution in [0, 0.1) is 5.82 Å². The molecule has 0 saturated carbocycles. The van der Waals surface area contributed by atoms with E-state index in [4.69, 9.17) is 4.74 Å². The second-order valence-electron chi connectivity index (χ2n) is 4.47. The molecule has 0 bridgehead atoms. The maximum absolute atomic E-state index is 12.9. The van der Waals surface area contributed by atoms with Crippen molar-refractivity contribution >= 4 is 21.8 Å². The third kappa shape index (κ3) is 4.47. The molecule has 1 fully saturated rings. The fourth-order valence-corrected chi connectivity index (χ4v) is 2.45. The molecule has 0 aromatic heterocycles. The number of nitrogens with one attached hydrogen (secondary N) is 2. The summed E-state index contributed by atoms with van der Waals surface area (Å²) in [4.78, 5) is 11.7. The molecular weight excluding hydrogens is 315 g/mol. The number of piperidine rings is 1. The lowest BCUT2D eigenvalue weighted by molar-refractivity contribution is -0.123. The molecule has 1 aliphatic rings. The average molecular weight is 331 g/mol.